The van der Waals surface area contributed by atoms with E-state index in [4.69, 9.17) is 4.74 Å². The van der Waals surface area contributed by atoms with Gasteiger partial charge in [-0.2, -0.15) is 5.10 Å². The molecule has 0 aliphatic carbocycles. The zero-order chi connectivity index (χ0) is 14.7. The van der Waals surface area contributed by atoms with Crippen molar-refractivity contribution in [1.29, 1.82) is 0 Å². The van der Waals surface area contributed by atoms with Crippen LogP contribution in [-0.4, -0.2) is 32.3 Å². The highest BCUT2D eigenvalue weighted by atomic mass is 16.5. The molecule has 7 nitrogen and oxygen atoms in total. The molecular formula is C14H15N5O2. The summed E-state index contributed by atoms with van der Waals surface area (Å²) in [4.78, 5) is 19.1. The number of ether oxygens (including phenoxy) is 1. The molecule has 0 atom stereocenters. The molecule has 0 radical (unpaired) electrons. The second-order valence-electron chi connectivity index (χ2n) is 4.59. The fourth-order valence-corrected chi connectivity index (χ4v) is 2.04. The van der Waals surface area contributed by atoms with E-state index in [2.05, 4.69) is 20.4 Å². The summed E-state index contributed by atoms with van der Waals surface area (Å²) < 4.78 is 7.10. The molecule has 0 saturated carbocycles. The molecule has 0 bridgehead atoms. The summed E-state index contributed by atoms with van der Waals surface area (Å²) >= 11 is 0. The highest BCUT2D eigenvalue weighted by Gasteiger charge is 2.08. The molecule has 0 unspecified atom stereocenters. The van der Waals surface area contributed by atoms with E-state index in [0.717, 1.165) is 16.7 Å². The van der Waals surface area contributed by atoms with Crippen LogP contribution in [0.2, 0.25) is 0 Å². The lowest BCUT2D eigenvalue weighted by molar-refractivity contribution is -0.121. The lowest BCUT2D eigenvalue weighted by Gasteiger charge is -2.07. The van der Waals surface area contributed by atoms with Crippen molar-refractivity contribution in [2.24, 2.45) is 7.05 Å². The first-order valence-electron chi connectivity index (χ1n) is 6.50. The molecule has 2 N–H and O–H groups in total. The van der Waals surface area contributed by atoms with Crippen molar-refractivity contribution in [2.75, 3.05) is 11.9 Å². The molecule has 3 aromatic rings. The van der Waals surface area contributed by atoms with Crippen molar-refractivity contribution < 1.29 is 9.53 Å². The Morgan fingerprint density at radius 2 is 2.33 bits per heavy atom. The van der Waals surface area contributed by atoms with E-state index >= 15 is 0 Å². The maximum atomic E-state index is 11.9. The Kier molecular flexibility index (Phi) is 3.65. The van der Waals surface area contributed by atoms with Crippen molar-refractivity contribution in [2.45, 2.75) is 6.61 Å². The molecule has 3 rings (SSSR count). The monoisotopic (exact) mass is 285 g/mol. The second-order valence-corrected chi connectivity index (χ2v) is 4.59. The summed E-state index contributed by atoms with van der Waals surface area (Å²) in [6, 6.07) is 7.41. The van der Waals surface area contributed by atoms with Crippen LogP contribution in [0, 0.1) is 0 Å². The number of nitrogens with one attached hydrogen (secondary N) is 2. The first kappa shape index (κ1) is 13.3. The molecule has 2 heterocycles. The first-order chi connectivity index (χ1) is 10.2. The predicted octanol–water partition coefficient (Wildman–Crippen LogP) is 1.45. The summed E-state index contributed by atoms with van der Waals surface area (Å²) in [5.74, 6) is -0.215. The largest absolute Gasteiger partial charge is 0.365 e. The van der Waals surface area contributed by atoms with E-state index in [1.54, 1.807) is 17.2 Å². The Labute approximate surface area is 120 Å². The topological polar surface area (TPSA) is 84.8 Å². The Morgan fingerprint density at radius 1 is 1.43 bits per heavy atom. The number of nitrogens with zero attached hydrogens (tertiary/aromatic N) is 3. The Hall–Kier alpha value is -2.67. The number of anilines is 1. The minimum Gasteiger partial charge on any atom is -0.365 e. The van der Waals surface area contributed by atoms with Crippen molar-refractivity contribution in [3.63, 3.8) is 0 Å². The molecule has 0 spiro atoms. The number of carbonyl (C=O) groups is 1. The SMILES string of the molecule is Cn1nccc1COCC(=O)Nc1cccc2[nH]cnc12. The number of aryl methyl sites for hydroxylation is 1. The highest BCUT2D eigenvalue weighted by Crippen LogP contribution is 2.19. The van der Waals surface area contributed by atoms with E-state index in [9.17, 15) is 4.79 Å². The number of H-pyrrole nitrogens is 1. The average molecular weight is 285 g/mol. The van der Waals surface area contributed by atoms with Gasteiger partial charge in [-0.05, 0) is 18.2 Å². The van der Waals surface area contributed by atoms with Crippen LogP contribution in [0.1, 0.15) is 5.69 Å². The van der Waals surface area contributed by atoms with Gasteiger partial charge in [0.1, 0.15) is 12.1 Å². The maximum Gasteiger partial charge on any atom is 0.250 e. The van der Waals surface area contributed by atoms with Gasteiger partial charge < -0.3 is 15.0 Å². The molecule has 7 heteroatoms. The molecule has 2 aromatic heterocycles. The average Bonchev–Trinajstić information content (AvgIpc) is 3.09. The number of hydrogen-bond donors (Lipinski definition) is 2. The summed E-state index contributed by atoms with van der Waals surface area (Å²) in [5, 5.41) is 6.83. The molecule has 1 aromatic carbocycles. The number of amides is 1. The standard InChI is InChI=1S/C14H15N5O2/c1-19-10(5-6-17-19)7-21-8-13(20)18-12-4-2-3-11-14(12)16-9-15-11/h2-6,9H,7-8H2,1H3,(H,15,16)(H,18,20). The number of aromatic nitrogens is 4. The third-order valence-corrected chi connectivity index (χ3v) is 3.13. The molecule has 0 aliphatic rings. The summed E-state index contributed by atoms with van der Waals surface area (Å²) in [7, 11) is 1.83. The van der Waals surface area contributed by atoms with Crippen LogP contribution >= 0.6 is 0 Å². The minimum atomic E-state index is -0.215. The number of hydrogen-bond acceptors (Lipinski definition) is 4. The van der Waals surface area contributed by atoms with Crippen molar-refractivity contribution in [3.8, 4) is 0 Å². The van der Waals surface area contributed by atoms with E-state index in [1.165, 1.54) is 0 Å². The van der Waals surface area contributed by atoms with Crippen LogP contribution in [0.15, 0.2) is 36.8 Å². The molecule has 0 saturated heterocycles. The predicted molar refractivity (Wildman–Crippen MR) is 77.6 cm³/mol. The Balaban J connectivity index is 1.57. The molecule has 108 valence electrons. The zero-order valence-corrected chi connectivity index (χ0v) is 11.5. The molecule has 0 aliphatic heterocycles. The van der Waals surface area contributed by atoms with E-state index < -0.39 is 0 Å². The van der Waals surface area contributed by atoms with E-state index in [1.807, 2.05) is 31.3 Å². The first-order valence-corrected chi connectivity index (χ1v) is 6.50. The second kappa shape index (κ2) is 5.76. The quantitative estimate of drug-likeness (QED) is 0.743. The van der Waals surface area contributed by atoms with E-state index in [0.29, 0.717) is 12.3 Å². The van der Waals surface area contributed by atoms with Gasteiger partial charge in [0, 0.05) is 13.2 Å². The van der Waals surface area contributed by atoms with Crippen LogP contribution in [0.25, 0.3) is 11.0 Å². The Bertz CT molecular complexity index is 761. The number of imidazole rings is 1. The Morgan fingerprint density at radius 3 is 3.14 bits per heavy atom. The third kappa shape index (κ3) is 2.92. The van der Waals surface area contributed by atoms with Gasteiger partial charge in [-0.15, -0.1) is 0 Å². The highest BCUT2D eigenvalue weighted by molar-refractivity contribution is 5.99. The van der Waals surface area contributed by atoms with Gasteiger partial charge in [0.05, 0.1) is 29.8 Å². The van der Waals surface area contributed by atoms with Crippen LogP contribution in [-0.2, 0) is 23.2 Å². The summed E-state index contributed by atoms with van der Waals surface area (Å²) in [6.45, 7) is 0.322. The summed E-state index contributed by atoms with van der Waals surface area (Å²) in [6.07, 6.45) is 3.29. The van der Waals surface area contributed by atoms with E-state index in [-0.39, 0.29) is 12.5 Å². The number of fused-ring (bicyclic) bond motifs is 1. The maximum absolute atomic E-state index is 11.9. The number of para-hydroxylation sites is 1. The van der Waals surface area contributed by atoms with Crippen molar-refractivity contribution in [1.82, 2.24) is 19.7 Å². The number of aromatic amines is 1. The van der Waals surface area contributed by atoms with Crippen molar-refractivity contribution >= 4 is 22.6 Å². The smallest absolute Gasteiger partial charge is 0.250 e. The molecule has 0 fully saturated rings. The lowest BCUT2D eigenvalue weighted by Crippen LogP contribution is -2.18. The van der Waals surface area contributed by atoms with Crippen molar-refractivity contribution in [3.05, 3.63) is 42.5 Å². The third-order valence-electron chi connectivity index (χ3n) is 3.13. The van der Waals surface area contributed by atoms with Crippen LogP contribution in [0.5, 0.6) is 0 Å². The number of rotatable bonds is 5. The number of carbonyl (C=O) groups excluding carboxylic acids is 1. The van der Waals surface area contributed by atoms with Gasteiger partial charge >= 0.3 is 0 Å². The minimum absolute atomic E-state index is 0.0218. The van der Waals surface area contributed by atoms with Gasteiger partial charge in [-0.3, -0.25) is 9.48 Å². The van der Waals surface area contributed by atoms with Gasteiger partial charge in [0.25, 0.3) is 0 Å². The van der Waals surface area contributed by atoms with Gasteiger partial charge in [-0.1, -0.05) is 6.07 Å². The van der Waals surface area contributed by atoms with Crippen LogP contribution in [0.3, 0.4) is 0 Å². The fourth-order valence-electron chi connectivity index (χ4n) is 2.04. The van der Waals surface area contributed by atoms with Gasteiger partial charge in [0.15, 0.2) is 0 Å². The number of benzene rings is 1. The van der Waals surface area contributed by atoms with Crippen LogP contribution < -0.4 is 5.32 Å². The zero-order valence-electron chi connectivity index (χ0n) is 11.5. The lowest BCUT2D eigenvalue weighted by atomic mass is 10.2. The molecular weight excluding hydrogens is 270 g/mol. The molecule has 21 heavy (non-hydrogen) atoms. The van der Waals surface area contributed by atoms with Crippen LogP contribution in [0.4, 0.5) is 5.69 Å². The normalized spacial score (nSPS) is 10.9. The van der Waals surface area contributed by atoms with Gasteiger partial charge in [-0.25, -0.2) is 4.98 Å². The fraction of sp³-hybridized carbons (Fsp3) is 0.214. The summed E-state index contributed by atoms with van der Waals surface area (Å²) in [5.41, 5.74) is 3.20. The van der Waals surface area contributed by atoms with Gasteiger partial charge in [0.2, 0.25) is 5.91 Å². The molecule has 1 amide bonds.